The molecule has 0 bridgehead atoms. The van der Waals surface area contributed by atoms with E-state index in [1.54, 1.807) is 11.9 Å². The largest absolute Gasteiger partial charge is 0.357 e. The summed E-state index contributed by atoms with van der Waals surface area (Å²) in [5.74, 6) is 0.631. The van der Waals surface area contributed by atoms with E-state index in [4.69, 9.17) is 0 Å². The van der Waals surface area contributed by atoms with Crippen LogP contribution in [0.2, 0.25) is 0 Å². The van der Waals surface area contributed by atoms with E-state index in [1.165, 1.54) is 19.3 Å². The van der Waals surface area contributed by atoms with Gasteiger partial charge in [-0.1, -0.05) is 6.42 Å². The van der Waals surface area contributed by atoms with Crippen LogP contribution in [-0.4, -0.2) is 49.4 Å². The maximum absolute atomic E-state index is 12.2. The van der Waals surface area contributed by atoms with Gasteiger partial charge in [0.1, 0.15) is 6.04 Å². The molecule has 1 aliphatic carbocycles. The highest BCUT2D eigenvalue weighted by Crippen LogP contribution is 2.30. The van der Waals surface area contributed by atoms with Crippen LogP contribution in [-0.2, 0) is 9.59 Å². The second kappa shape index (κ2) is 5.49. The molecular weight excluding hydrogens is 218 g/mol. The summed E-state index contributed by atoms with van der Waals surface area (Å²) in [4.78, 5) is 25.6. The first-order valence-electron chi connectivity index (χ1n) is 6.44. The Morgan fingerprint density at radius 1 is 1.41 bits per heavy atom. The van der Waals surface area contributed by atoms with E-state index in [2.05, 4.69) is 10.6 Å². The van der Waals surface area contributed by atoms with Gasteiger partial charge in [-0.25, -0.2) is 0 Å². The van der Waals surface area contributed by atoms with Gasteiger partial charge in [0.15, 0.2) is 0 Å². The molecule has 1 heterocycles. The Kier molecular flexibility index (Phi) is 3.99. The Bertz CT molecular complexity index is 302. The molecule has 1 unspecified atom stereocenters. The topological polar surface area (TPSA) is 61.4 Å². The summed E-state index contributed by atoms with van der Waals surface area (Å²) in [5, 5.41) is 5.79. The van der Waals surface area contributed by atoms with Gasteiger partial charge >= 0.3 is 0 Å². The monoisotopic (exact) mass is 239 g/mol. The minimum atomic E-state index is -0.332. The number of nitrogens with one attached hydrogen (secondary N) is 2. The highest BCUT2D eigenvalue weighted by Gasteiger charge is 2.33. The zero-order chi connectivity index (χ0) is 12.3. The van der Waals surface area contributed by atoms with Crippen LogP contribution in [0.1, 0.15) is 25.7 Å². The lowest BCUT2D eigenvalue weighted by Gasteiger charge is -2.36. The summed E-state index contributed by atoms with van der Waals surface area (Å²) in [6, 6.07) is -0.332. The first-order valence-corrected chi connectivity index (χ1v) is 6.44. The van der Waals surface area contributed by atoms with Gasteiger partial charge in [0.05, 0.1) is 0 Å². The van der Waals surface area contributed by atoms with Crippen molar-refractivity contribution in [3.8, 4) is 0 Å². The summed E-state index contributed by atoms with van der Waals surface area (Å²) in [5.41, 5.74) is 0. The van der Waals surface area contributed by atoms with E-state index in [-0.39, 0.29) is 17.9 Å². The molecule has 2 rings (SSSR count). The van der Waals surface area contributed by atoms with Crippen molar-refractivity contribution in [2.75, 3.05) is 26.7 Å². The van der Waals surface area contributed by atoms with Gasteiger partial charge < -0.3 is 15.5 Å². The van der Waals surface area contributed by atoms with Crippen LogP contribution >= 0.6 is 0 Å². The SMILES string of the molecule is CNC(=O)C1CNCCN1C(=O)CC1CCC1. The van der Waals surface area contributed by atoms with Crippen LogP contribution in [0.4, 0.5) is 0 Å². The molecule has 5 heteroatoms. The second-order valence-electron chi connectivity index (χ2n) is 4.92. The smallest absolute Gasteiger partial charge is 0.243 e. The van der Waals surface area contributed by atoms with E-state index >= 15 is 0 Å². The summed E-state index contributed by atoms with van der Waals surface area (Å²) in [6.07, 6.45) is 4.21. The molecule has 2 amide bonds. The van der Waals surface area contributed by atoms with Gasteiger partial charge in [-0.3, -0.25) is 9.59 Å². The zero-order valence-electron chi connectivity index (χ0n) is 10.4. The normalized spacial score (nSPS) is 25.2. The van der Waals surface area contributed by atoms with Gasteiger partial charge in [0, 0.05) is 33.1 Å². The van der Waals surface area contributed by atoms with Crippen molar-refractivity contribution >= 4 is 11.8 Å². The first-order chi connectivity index (χ1) is 8.22. The molecule has 2 fully saturated rings. The van der Waals surface area contributed by atoms with Gasteiger partial charge in [0.2, 0.25) is 11.8 Å². The number of carbonyl (C=O) groups excluding carboxylic acids is 2. The van der Waals surface area contributed by atoms with Crippen molar-refractivity contribution in [1.29, 1.82) is 0 Å². The highest BCUT2D eigenvalue weighted by molar-refractivity contribution is 5.88. The maximum atomic E-state index is 12.2. The predicted octanol–water partition coefficient (Wildman–Crippen LogP) is -0.277. The molecule has 1 saturated heterocycles. The molecule has 0 radical (unpaired) electrons. The second-order valence-corrected chi connectivity index (χ2v) is 4.92. The summed E-state index contributed by atoms with van der Waals surface area (Å²) >= 11 is 0. The number of nitrogens with zero attached hydrogens (tertiary/aromatic N) is 1. The van der Waals surface area contributed by atoms with Gasteiger partial charge in [0.25, 0.3) is 0 Å². The molecule has 2 N–H and O–H groups in total. The van der Waals surface area contributed by atoms with Crippen LogP contribution in [0.15, 0.2) is 0 Å². The Morgan fingerprint density at radius 3 is 2.76 bits per heavy atom. The van der Waals surface area contributed by atoms with E-state index in [0.717, 1.165) is 6.54 Å². The van der Waals surface area contributed by atoms with Crippen LogP contribution in [0, 0.1) is 5.92 Å². The van der Waals surface area contributed by atoms with Crippen molar-refractivity contribution in [3.63, 3.8) is 0 Å². The Labute approximate surface area is 102 Å². The summed E-state index contributed by atoms with van der Waals surface area (Å²) in [7, 11) is 1.62. The fourth-order valence-corrected chi connectivity index (χ4v) is 2.46. The summed E-state index contributed by atoms with van der Waals surface area (Å²) in [6.45, 7) is 1.99. The van der Waals surface area contributed by atoms with E-state index in [9.17, 15) is 9.59 Å². The van der Waals surface area contributed by atoms with Crippen molar-refractivity contribution in [1.82, 2.24) is 15.5 Å². The van der Waals surface area contributed by atoms with Crippen molar-refractivity contribution in [2.45, 2.75) is 31.7 Å². The van der Waals surface area contributed by atoms with Crippen molar-refractivity contribution in [2.24, 2.45) is 5.92 Å². The Morgan fingerprint density at radius 2 is 2.18 bits per heavy atom. The van der Waals surface area contributed by atoms with Crippen LogP contribution in [0.5, 0.6) is 0 Å². The third-order valence-corrected chi connectivity index (χ3v) is 3.80. The molecule has 1 aliphatic heterocycles. The number of piperazine rings is 1. The standard InChI is InChI=1S/C12H21N3O2/c1-13-12(17)10-8-14-5-6-15(10)11(16)7-9-3-2-4-9/h9-10,14H,2-8H2,1H3,(H,13,17). The van der Waals surface area contributed by atoms with Crippen molar-refractivity contribution in [3.05, 3.63) is 0 Å². The number of hydrogen-bond donors (Lipinski definition) is 2. The number of carbonyl (C=O) groups is 2. The molecule has 96 valence electrons. The van der Waals surface area contributed by atoms with E-state index in [0.29, 0.717) is 25.4 Å². The molecule has 0 aromatic carbocycles. The zero-order valence-corrected chi connectivity index (χ0v) is 10.4. The lowest BCUT2D eigenvalue weighted by atomic mass is 9.82. The molecular formula is C12H21N3O2. The molecule has 17 heavy (non-hydrogen) atoms. The van der Waals surface area contributed by atoms with E-state index < -0.39 is 0 Å². The minimum absolute atomic E-state index is 0.0702. The third-order valence-electron chi connectivity index (χ3n) is 3.80. The van der Waals surface area contributed by atoms with Crippen molar-refractivity contribution < 1.29 is 9.59 Å². The van der Waals surface area contributed by atoms with Gasteiger partial charge in [-0.15, -0.1) is 0 Å². The molecule has 0 aromatic rings. The lowest BCUT2D eigenvalue weighted by molar-refractivity contribution is -0.142. The average molecular weight is 239 g/mol. The molecule has 0 aromatic heterocycles. The quantitative estimate of drug-likeness (QED) is 0.712. The van der Waals surface area contributed by atoms with Crippen LogP contribution < -0.4 is 10.6 Å². The molecule has 5 nitrogen and oxygen atoms in total. The first kappa shape index (κ1) is 12.4. The Balaban J connectivity index is 1.94. The Hall–Kier alpha value is -1.10. The van der Waals surface area contributed by atoms with Gasteiger partial charge in [-0.05, 0) is 18.8 Å². The number of hydrogen-bond acceptors (Lipinski definition) is 3. The minimum Gasteiger partial charge on any atom is -0.357 e. The number of rotatable bonds is 3. The maximum Gasteiger partial charge on any atom is 0.243 e. The lowest BCUT2D eigenvalue weighted by Crippen LogP contribution is -2.59. The molecule has 2 aliphatic rings. The summed E-state index contributed by atoms with van der Waals surface area (Å²) < 4.78 is 0. The van der Waals surface area contributed by atoms with E-state index in [1.807, 2.05) is 0 Å². The highest BCUT2D eigenvalue weighted by atomic mass is 16.2. The molecule has 1 saturated carbocycles. The van der Waals surface area contributed by atoms with Crippen LogP contribution in [0.25, 0.3) is 0 Å². The number of likely N-dealkylation sites (N-methyl/N-ethyl adjacent to an activating group) is 1. The fraction of sp³-hybridized carbons (Fsp3) is 0.833. The third kappa shape index (κ3) is 2.77. The molecule has 0 spiro atoms. The average Bonchev–Trinajstić information content (AvgIpc) is 2.32. The number of amides is 2. The van der Waals surface area contributed by atoms with Crippen LogP contribution in [0.3, 0.4) is 0 Å². The fourth-order valence-electron chi connectivity index (χ4n) is 2.46. The molecule has 1 atom stereocenters. The predicted molar refractivity (Wildman–Crippen MR) is 64.4 cm³/mol. The van der Waals surface area contributed by atoms with Gasteiger partial charge in [-0.2, -0.15) is 0 Å².